The van der Waals surface area contributed by atoms with E-state index in [9.17, 15) is 36.4 Å². The lowest BCUT2D eigenvalue weighted by Gasteiger charge is -2.20. The summed E-state index contributed by atoms with van der Waals surface area (Å²) in [4.78, 5) is 28.7. The van der Waals surface area contributed by atoms with Crippen molar-refractivity contribution in [2.45, 2.75) is 57.0 Å². The molecular weight excluding hydrogens is 625 g/mol. The number of amides is 1. The van der Waals surface area contributed by atoms with E-state index >= 15 is 0 Å². The zero-order chi connectivity index (χ0) is 32.9. The van der Waals surface area contributed by atoms with Gasteiger partial charge in [0.1, 0.15) is 0 Å². The summed E-state index contributed by atoms with van der Waals surface area (Å²) in [5.74, 6) is -1.02. The fraction of sp³-hybridized carbons (Fsp3) is 0.370. The van der Waals surface area contributed by atoms with Crippen LogP contribution in [0.25, 0.3) is 16.9 Å². The van der Waals surface area contributed by atoms with Crippen LogP contribution in [0, 0.1) is 12.1 Å². The first-order valence-electron chi connectivity index (χ1n) is 13.5. The van der Waals surface area contributed by atoms with Crippen LogP contribution in [-0.2, 0) is 35.3 Å². The van der Waals surface area contributed by atoms with Gasteiger partial charge in [-0.25, -0.2) is 22.6 Å². The van der Waals surface area contributed by atoms with Gasteiger partial charge in [-0.05, 0) is 57.0 Å². The summed E-state index contributed by atoms with van der Waals surface area (Å²) >= 11 is 0. The van der Waals surface area contributed by atoms with Gasteiger partial charge in [0.25, 0.3) is 22.2 Å². The first-order chi connectivity index (χ1) is 21.2. The molecule has 18 heteroatoms. The third kappa shape index (κ3) is 8.00. The number of carbonyl (C=O) groups excluding carboxylic acids is 2. The fourth-order valence-corrected chi connectivity index (χ4v) is 5.37. The van der Waals surface area contributed by atoms with Crippen LogP contribution in [0.1, 0.15) is 37.9 Å². The number of nitrogens with one attached hydrogen (secondary N) is 1. The van der Waals surface area contributed by atoms with E-state index in [1.54, 1.807) is 31.2 Å². The van der Waals surface area contributed by atoms with Crippen molar-refractivity contribution < 1.29 is 50.5 Å². The molecule has 45 heavy (non-hydrogen) atoms. The molecule has 1 aromatic heterocycles. The molecule has 1 N–H and O–H groups in total. The number of sulfonamides is 1. The number of nitrogens with zero attached hydrogens (tertiary/aromatic N) is 5. The third-order valence-corrected chi connectivity index (χ3v) is 7.87. The monoisotopic (exact) mass is 654 g/mol. The van der Waals surface area contributed by atoms with Crippen molar-refractivity contribution in [1.82, 2.24) is 19.5 Å². The number of aromatic nitrogens is 2. The molecule has 1 aliphatic rings. The maximum Gasteiger partial charge on any atom is 0.511 e. The number of benzene rings is 2. The van der Waals surface area contributed by atoms with Crippen molar-refractivity contribution in [1.29, 1.82) is 0 Å². The number of rotatable bonds is 10. The Balaban J connectivity index is 1.49. The van der Waals surface area contributed by atoms with Gasteiger partial charge in [-0.15, -0.1) is 5.01 Å². The summed E-state index contributed by atoms with van der Waals surface area (Å²) < 4.78 is 78.9. The molecule has 4 rings (SSSR count). The molecule has 0 saturated carbocycles. The van der Waals surface area contributed by atoms with Crippen molar-refractivity contribution in [3.05, 3.63) is 71.1 Å². The van der Waals surface area contributed by atoms with E-state index in [4.69, 9.17) is 9.57 Å². The van der Waals surface area contributed by atoms with Crippen LogP contribution in [0.15, 0.2) is 64.8 Å². The second kappa shape index (κ2) is 13.4. The van der Waals surface area contributed by atoms with Crippen LogP contribution < -0.4 is 4.72 Å². The minimum absolute atomic E-state index is 0.0450. The highest BCUT2D eigenvalue weighted by atomic mass is 32.2. The highest BCUT2D eigenvalue weighted by Crippen LogP contribution is 2.33. The van der Waals surface area contributed by atoms with E-state index in [0.29, 0.717) is 12.0 Å². The third-order valence-electron chi connectivity index (χ3n) is 6.51. The number of hydrogen-bond donors (Lipinski definition) is 1. The number of ether oxygens (including phenoxy) is 2. The molecular formula is C27H29F3N6O8S. The summed E-state index contributed by atoms with van der Waals surface area (Å²) in [6.45, 7) is 4.76. The lowest BCUT2D eigenvalue weighted by Crippen LogP contribution is -2.47. The Kier molecular flexibility index (Phi) is 9.84. The summed E-state index contributed by atoms with van der Waals surface area (Å²) in [7, 11) is -4.46. The number of carbonyl (C=O) groups is 2. The molecule has 2 heterocycles. The van der Waals surface area contributed by atoms with Crippen molar-refractivity contribution >= 4 is 22.1 Å². The number of hydrazine groups is 1. The van der Waals surface area contributed by atoms with Gasteiger partial charge in [-0.2, -0.15) is 18.3 Å². The fourth-order valence-electron chi connectivity index (χ4n) is 4.36. The summed E-state index contributed by atoms with van der Waals surface area (Å²) in [6, 6.07) is 11.1. The zero-order valence-corrected chi connectivity index (χ0v) is 25.0. The molecule has 1 fully saturated rings. The van der Waals surface area contributed by atoms with E-state index in [-0.39, 0.29) is 40.8 Å². The molecule has 0 radical (unpaired) electrons. The second-order valence-corrected chi connectivity index (χ2v) is 11.5. The number of halogens is 3. The van der Waals surface area contributed by atoms with Crippen LogP contribution in [0.2, 0.25) is 0 Å². The Labute approximate surface area is 255 Å². The minimum atomic E-state index is -4.72. The first-order valence-corrected chi connectivity index (χ1v) is 15.0. The average molecular weight is 655 g/mol. The van der Waals surface area contributed by atoms with Gasteiger partial charge < -0.3 is 14.7 Å². The van der Waals surface area contributed by atoms with E-state index in [1.165, 1.54) is 19.1 Å². The SMILES string of the molecule is CCOC(=O)OC(C)O/N=[N+](/[O-])N1CCC[C@H]1C(=O)NS(=O)(=O)c1ccc(-n2nc(C(F)(F)F)cc2-c2ccc(C)cc2)cc1. The van der Waals surface area contributed by atoms with Crippen molar-refractivity contribution in [3.8, 4) is 16.9 Å². The number of hydrogen-bond acceptors (Lipinski definition) is 10. The zero-order valence-electron chi connectivity index (χ0n) is 24.2. The van der Waals surface area contributed by atoms with Gasteiger partial charge in [-0.1, -0.05) is 29.8 Å². The summed E-state index contributed by atoms with van der Waals surface area (Å²) in [5, 5.41) is 20.3. The predicted molar refractivity (Wildman–Crippen MR) is 149 cm³/mol. The molecule has 2 atom stereocenters. The molecule has 0 spiro atoms. The molecule has 1 unspecified atom stereocenters. The van der Waals surface area contributed by atoms with Gasteiger partial charge in [0.15, 0.2) is 11.7 Å². The van der Waals surface area contributed by atoms with Crippen molar-refractivity contribution in [2.75, 3.05) is 13.2 Å². The molecule has 0 bridgehead atoms. The Morgan fingerprint density at radius 1 is 1.18 bits per heavy atom. The number of alkyl halides is 3. The van der Waals surface area contributed by atoms with E-state index in [0.717, 1.165) is 33.5 Å². The molecule has 1 aliphatic heterocycles. The summed E-state index contributed by atoms with van der Waals surface area (Å²) in [6.07, 6.45) is -6.60. The molecule has 1 saturated heterocycles. The summed E-state index contributed by atoms with van der Waals surface area (Å²) in [5.41, 5.74) is 0.496. The Bertz CT molecular complexity index is 1660. The van der Waals surface area contributed by atoms with Crippen LogP contribution in [0.5, 0.6) is 0 Å². The van der Waals surface area contributed by atoms with Crippen molar-refractivity contribution in [2.24, 2.45) is 5.28 Å². The molecule has 0 aliphatic carbocycles. The molecule has 1 amide bonds. The topological polar surface area (TPSA) is 167 Å². The Morgan fingerprint density at radius 2 is 1.84 bits per heavy atom. The van der Waals surface area contributed by atoms with E-state index in [1.807, 2.05) is 11.6 Å². The Morgan fingerprint density at radius 3 is 2.47 bits per heavy atom. The lowest BCUT2D eigenvalue weighted by atomic mass is 10.1. The second-order valence-electron chi connectivity index (χ2n) is 9.78. The maximum atomic E-state index is 13.5. The van der Waals surface area contributed by atoms with Gasteiger partial charge in [0, 0.05) is 12.5 Å². The highest BCUT2D eigenvalue weighted by molar-refractivity contribution is 7.90. The van der Waals surface area contributed by atoms with E-state index in [2.05, 4.69) is 15.1 Å². The standard InChI is InChI=1S/C27H29F3N6O8S/c1-4-42-26(38)43-18(3)44-33-36(39)34-15-5-6-22(34)25(37)32-45(40,41)21-13-11-20(12-14-21)35-23(16-24(31-35)27(28,29)30)19-9-7-17(2)8-10-19/h7-14,16,18,22H,4-6,15H2,1-3H3,(H,32,37)/b36-33+/t18?,22-/m0/s1. The van der Waals surface area contributed by atoms with Gasteiger partial charge in [0.2, 0.25) is 5.28 Å². The van der Waals surface area contributed by atoms with Crippen LogP contribution in [-0.4, -0.2) is 65.7 Å². The average Bonchev–Trinajstić information content (AvgIpc) is 3.65. The van der Waals surface area contributed by atoms with E-state index < -0.39 is 46.3 Å². The molecule has 14 nitrogen and oxygen atoms in total. The van der Waals surface area contributed by atoms with Crippen LogP contribution in [0.4, 0.5) is 18.0 Å². The van der Waals surface area contributed by atoms with Crippen molar-refractivity contribution in [3.63, 3.8) is 0 Å². The highest BCUT2D eigenvalue weighted by Gasteiger charge is 2.39. The Hall–Kier alpha value is -4.87. The quantitative estimate of drug-likeness (QED) is 0.108. The lowest BCUT2D eigenvalue weighted by molar-refractivity contribution is -0.713. The van der Waals surface area contributed by atoms with Crippen LogP contribution >= 0.6 is 0 Å². The molecule has 3 aromatic rings. The molecule has 2 aromatic carbocycles. The normalized spacial score (nSPS) is 16.3. The van der Waals surface area contributed by atoms with Gasteiger partial charge >= 0.3 is 12.3 Å². The van der Waals surface area contributed by atoms with Gasteiger partial charge in [-0.3, -0.25) is 9.63 Å². The number of aryl methyl sites for hydroxylation is 1. The maximum absolute atomic E-state index is 13.5. The first kappa shape index (κ1) is 33.0. The van der Waals surface area contributed by atoms with Gasteiger partial charge in [0.05, 0.1) is 34.4 Å². The largest absolute Gasteiger partial charge is 0.569 e. The smallest absolute Gasteiger partial charge is 0.511 e. The van der Waals surface area contributed by atoms with Crippen LogP contribution in [0.3, 0.4) is 0 Å². The molecule has 242 valence electrons. The predicted octanol–water partition coefficient (Wildman–Crippen LogP) is 4.46. The minimum Gasteiger partial charge on any atom is -0.569 e.